The Morgan fingerprint density at radius 2 is 2.33 bits per heavy atom. The lowest BCUT2D eigenvalue weighted by Gasteiger charge is -2.30. The molecule has 5 heteroatoms. The third kappa shape index (κ3) is 3.21. The van der Waals surface area contributed by atoms with Crippen molar-refractivity contribution in [1.82, 2.24) is 4.90 Å². The Balaban J connectivity index is 2.04. The highest BCUT2D eigenvalue weighted by molar-refractivity contribution is 6.31. The van der Waals surface area contributed by atoms with E-state index >= 15 is 0 Å². The topological polar surface area (TPSA) is 40.5 Å². The normalized spacial score (nSPS) is 20.9. The van der Waals surface area contributed by atoms with E-state index in [4.69, 9.17) is 16.7 Å². The number of carboxylic acid groups (broad SMARTS) is 1. The summed E-state index contributed by atoms with van der Waals surface area (Å²) in [6.45, 7) is 1.83. The quantitative estimate of drug-likeness (QED) is 0.919. The van der Waals surface area contributed by atoms with Crippen molar-refractivity contribution >= 4 is 17.6 Å². The summed E-state index contributed by atoms with van der Waals surface area (Å²) in [6.07, 6.45) is 1.56. The second kappa shape index (κ2) is 5.67. The molecule has 3 nitrogen and oxygen atoms in total. The molecule has 1 unspecified atom stereocenters. The highest BCUT2D eigenvalue weighted by Gasteiger charge is 2.25. The van der Waals surface area contributed by atoms with E-state index in [2.05, 4.69) is 0 Å². The van der Waals surface area contributed by atoms with Crippen LogP contribution in [-0.2, 0) is 11.3 Å². The molecule has 1 saturated heterocycles. The summed E-state index contributed by atoms with van der Waals surface area (Å²) in [6, 6.07) is 4.26. The van der Waals surface area contributed by atoms with Crippen molar-refractivity contribution in [3.63, 3.8) is 0 Å². The first-order valence-corrected chi connectivity index (χ1v) is 6.33. The fourth-order valence-corrected chi connectivity index (χ4v) is 2.48. The minimum atomic E-state index is -0.759. The van der Waals surface area contributed by atoms with Crippen LogP contribution in [0.1, 0.15) is 18.4 Å². The number of piperidine rings is 1. The van der Waals surface area contributed by atoms with Gasteiger partial charge in [-0.3, -0.25) is 9.69 Å². The maximum atomic E-state index is 13.1. The van der Waals surface area contributed by atoms with Crippen molar-refractivity contribution in [3.8, 4) is 0 Å². The molecule has 1 N–H and O–H groups in total. The standard InChI is InChI=1S/C13H15ClFNO2/c14-12-4-3-11(15)6-10(12)8-16-5-1-2-9(7-16)13(17)18/h3-4,6,9H,1-2,5,7-8H2,(H,17,18). The highest BCUT2D eigenvalue weighted by atomic mass is 35.5. The van der Waals surface area contributed by atoms with Gasteiger partial charge >= 0.3 is 5.97 Å². The van der Waals surface area contributed by atoms with Crippen molar-refractivity contribution < 1.29 is 14.3 Å². The van der Waals surface area contributed by atoms with Gasteiger partial charge in [-0.2, -0.15) is 0 Å². The summed E-state index contributed by atoms with van der Waals surface area (Å²) in [7, 11) is 0. The van der Waals surface area contributed by atoms with Gasteiger partial charge in [0.1, 0.15) is 5.82 Å². The van der Waals surface area contributed by atoms with Gasteiger partial charge in [-0.1, -0.05) is 11.6 Å². The Morgan fingerprint density at radius 3 is 3.06 bits per heavy atom. The molecule has 0 aliphatic carbocycles. The number of carbonyl (C=O) groups is 1. The van der Waals surface area contributed by atoms with E-state index in [-0.39, 0.29) is 11.7 Å². The van der Waals surface area contributed by atoms with Gasteiger partial charge in [-0.05, 0) is 43.1 Å². The van der Waals surface area contributed by atoms with Gasteiger partial charge in [0, 0.05) is 18.1 Å². The molecule has 18 heavy (non-hydrogen) atoms. The van der Waals surface area contributed by atoms with Crippen LogP contribution in [0, 0.1) is 11.7 Å². The van der Waals surface area contributed by atoms with Gasteiger partial charge in [-0.25, -0.2) is 4.39 Å². The molecule has 2 rings (SSSR count). The van der Waals surface area contributed by atoms with Gasteiger partial charge < -0.3 is 5.11 Å². The molecule has 1 aliphatic heterocycles. The maximum Gasteiger partial charge on any atom is 0.307 e. The Morgan fingerprint density at radius 1 is 1.56 bits per heavy atom. The zero-order valence-corrected chi connectivity index (χ0v) is 10.7. The van der Waals surface area contributed by atoms with Crippen molar-refractivity contribution in [1.29, 1.82) is 0 Å². The van der Waals surface area contributed by atoms with Crippen LogP contribution < -0.4 is 0 Å². The highest BCUT2D eigenvalue weighted by Crippen LogP contribution is 2.23. The van der Waals surface area contributed by atoms with Gasteiger partial charge in [0.05, 0.1) is 5.92 Å². The van der Waals surface area contributed by atoms with Crippen LogP contribution in [0.4, 0.5) is 4.39 Å². The van der Waals surface area contributed by atoms with Gasteiger partial charge in [0.25, 0.3) is 0 Å². The van der Waals surface area contributed by atoms with Gasteiger partial charge in [0.2, 0.25) is 0 Å². The number of aliphatic carboxylic acids is 1. The second-order valence-electron chi connectivity index (χ2n) is 4.65. The molecule has 1 atom stereocenters. The Hall–Kier alpha value is -1.13. The van der Waals surface area contributed by atoms with E-state index in [1.54, 1.807) is 0 Å². The third-order valence-corrected chi connectivity index (χ3v) is 3.63. The fraction of sp³-hybridized carbons (Fsp3) is 0.462. The second-order valence-corrected chi connectivity index (χ2v) is 5.06. The smallest absolute Gasteiger partial charge is 0.307 e. The number of hydrogen-bond acceptors (Lipinski definition) is 2. The van der Waals surface area contributed by atoms with Crippen LogP contribution >= 0.6 is 11.6 Å². The molecule has 1 heterocycles. The molecule has 1 fully saturated rings. The molecule has 0 amide bonds. The Labute approximate surface area is 110 Å². The van der Waals surface area contributed by atoms with E-state index in [0.29, 0.717) is 30.1 Å². The molecule has 1 aromatic carbocycles. The average Bonchev–Trinajstić information content (AvgIpc) is 2.34. The fourth-order valence-electron chi connectivity index (χ4n) is 2.31. The average molecular weight is 272 g/mol. The van der Waals surface area contributed by atoms with E-state index in [9.17, 15) is 9.18 Å². The predicted octanol–water partition coefficient (Wildman–Crippen LogP) is 2.78. The lowest BCUT2D eigenvalue weighted by molar-refractivity contribution is -0.143. The van der Waals surface area contributed by atoms with Crippen LogP contribution in [0.25, 0.3) is 0 Å². The van der Waals surface area contributed by atoms with E-state index in [1.165, 1.54) is 18.2 Å². The molecular formula is C13H15ClFNO2. The van der Waals surface area contributed by atoms with Crippen molar-refractivity contribution in [2.24, 2.45) is 5.92 Å². The van der Waals surface area contributed by atoms with E-state index in [0.717, 1.165) is 13.0 Å². The number of halogens is 2. The van der Waals surface area contributed by atoms with Gasteiger partial charge in [0.15, 0.2) is 0 Å². The summed E-state index contributed by atoms with van der Waals surface area (Å²) >= 11 is 6.00. The SMILES string of the molecule is O=C(O)C1CCCN(Cc2cc(F)ccc2Cl)C1. The summed E-state index contributed by atoms with van der Waals surface area (Å²) in [4.78, 5) is 13.0. The van der Waals surface area contributed by atoms with Crippen LogP contribution in [-0.4, -0.2) is 29.1 Å². The maximum absolute atomic E-state index is 13.1. The van der Waals surface area contributed by atoms with Crippen LogP contribution in [0.3, 0.4) is 0 Å². The molecule has 0 spiro atoms. The molecule has 1 aromatic rings. The molecular weight excluding hydrogens is 257 g/mol. The first kappa shape index (κ1) is 13.3. The summed E-state index contributed by atoms with van der Waals surface area (Å²) in [5.74, 6) is -1.41. The Bertz CT molecular complexity index is 453. The summed E-state index contributed by atoms with van der Waals surface area (Å²) in [5, 5.41) is 9.53. The molecule has 0 bridgehead atoms. The van der Waals surface area contributed by atoms with Crippen molar-refractivity contribution in [2.75, 3.05) is 13.1 Å². The van der Waals surface area contributed by atoms with Crippen molar-refractivity contribution in [3.05, 3.63) is 34.6 Å². The summed E-state index contributed by atoms with van der Waals surface area (Å²) in [5.41, 5.74) is 0.711. The zero-order valence-electron chi connectivity index (χ0n) is 9.90. The first-order chi connectivity index (χ1) is 8.56. The van der Waals surface area contributed by atoms with Crippen LogP contribution in [0.5, 0.6) is 0 Å². The minimum absolute atomic E-state index is 0.318. The first-order valence-electron chi connectivity index (χ1n) is 5.95. The largest absolute Gasteiger partial charge is 0.481 e. The zero-order chi connectivity index (χ0) is 13.1. The molecule has 0 radical (unpaired) electrons. The lowest BCUT2D eigenvalue weighted by atomic mass is 9.98. The minimum Gasteiger partial charge on any atom is -0.481 e. The van der Waals surface area contributed by atoms with E-state index in [1.807, 2.05) is 4.90 Å². The van der Waals surface area contributed by atoms with Crippen LogP contribution in [0.2, 0.25) is 5.02 Å². The monoisotopic (exact) mass is 271 g/mol. The number of likely N-dealkylation sites (tertiary alicyclic amines) is 1. The molecule has 1 aliphatic rings. The number of nitrogens with zero attached hydrogens (tertiary/aromatic N) is 1. The number of rotatable bonds is 3. The number of hydrogen-bond donors (Lipinski definition) is 1. The lowest BCUT2D eigenvalue weighted by Crippen LogP contribution is -2.38. The molecule has 98 valence electrons. The van der Waals surface area contributed by atoms with Gasteiger partial charge in [-0.15, -0.1) is 0 Å². The number of carboxylic acids is 1. The molecule has 0 aromatic heterocycles. The van der Waals surface area contributed by atoms with Crippen molar-refractivity contribution in [2.45, 2.75) is 19.4 Å². The number of benzene rings is 1. The van der Waals surface area contributed by atoms with E-state index < -0.39 is 5.97 Å². The summed E-state index contributed by atoms with van der Waals surface area (Å²) < 4.78 is 13.1. The predicted molar refractivity (Wildman–Crippen MR) is 67.0 cm³/mol. The third-order valence-electron chi connectivity index (χ3n) is 3.26. The van der Waals surface area contributed by atoms with Crippen LogP contribution in [0.15, 0.2) is 18.2 Å². The Kier molecular flexibility index (Phi) is 4.19. The molecule has 0 saturated carbocycles.